The van der Waals surface area contributed by atoms with Crippen LogP contribution < -0.4 is 5.32 Å². The predicted octanol–water partition coefficient (Wildman–Crippen LogP) is 4.34. The van der Waals surface area contributed by atoms with Crippen molar-refractivity contribution in [3.63, 3.8) is 0 Å². The van der Waals surface area contributed by atoms with E-state index in [0.717, 1.165) is 16.7 Å². The van der Waals surface area contributed by atoms with Crippen LogP contribution in [-0.2, 0) is 20.9 Å². The van der Waals surface area contributed by atoms with E-state index >= 15 is 0 Å². The van der Waals surface area contributed by atoms with Gasteiger partial charge in [-0.3, -0.25) is 14.6 Å². The Morgan fingerprint density at radius 2 is 1.77 bits per heavy atom. The van der Waals surface area contributed by atoms with E-state index in [9.17, 15) is 14.7 Å². The van der Waals surface area contributed by atoms with E-state index in [0.29, 0.717) is 0 Å². The molecule has 8 heteroatoms. The molecule has 3 aromatic rings. The van der Waals surface area contributed by atoms with E-state index in [2.05, 4.69) is 10.3 Å². The maximum absolute atomic E-state index is 12.7. The normalized spacial score (nSPS) is 13.7. The maximum Gasteiger partial charge on any atom is 0.305 e. The fourth-order valence-electron chi connectivity index (χ4n) is 3.67. The molecule has 0 aliphatic heterocycles. The van der Waals surface area contributed by atoms with Gasteiger partial charge < -0.3 is 19.7 Å². The van der Waals surface area contributed by atoms with Crippen molar-refractivity contribution in [1.29, 1.82) is 0 Å². The fourth-order valence-corrected chi connectivity index (χ4v) is 3.67. The van der Waals surface area contributed by atoms with Gasteiger partial charge in [0.2, 0.25) is 11.8 Å². The van der Waals surface area contributed by atoms with Gasteiger partial charge in [0, 0.05) is 31.8 Å². The third-order valence-corrected chi connectivity index (χ3v) is 5.54. The molecule has 2 heterocycles. The summed E-state index contributed by atoms with van der Waals surface area (Å²) in [6.45, 7) is 5.93. The van der Waals surface area contributed by atoms with Crippen molar-refractivity contribution in [3.05, 3.63) is 78.9 Å². The number of carboxylic acid groups (broad SMARTS) is 1. The first-order chi connectivity index (χ1) is 16.7. The monoisotopic (exact) mass is 476 g/mol. The topological polar surface area (TPSA) is 106 Å². The Morgan fingerprint density at radius 3 is 2.37 bits per heavy atom. The number of aliphatic carboxylic acids is 1. The van der Waals surface area contributed by atoms with E-state index in [1.54, 1.807) is 30.2 Å². The summed E-state index contributed by atoms with van der Waals surface area (Å²) in [7, 11) is 1.56. The van der Waals surface area contributed by atoms with Gasteiger partial charge in [-0.25, -0.2) is 4.99 Å². The number of likely N-dealkylation sites (N-methyl/N-ethyl adjacent to an activating group) is 1. The molecule has 0 bridgehead atoms. The number of carbonyl (C=O) groups is 2. The zero-order valence-electron chi connectivity index (χ0n) is 20.5. The predicted molar refractivity (Wildman–Crippen MR) is 135 cm³/mol. The summed E-state index contributed by atoms with van der Waals surface area (Å²) in [6, 6.07) is 13.7. The minimum atomic E-state index is -1.00. The van der Waals surface area contributed by atoms with Crippen LogP contribution in [0, 0.1) is 5.41 Å². The first kappa shape index (κ1) is 25.7. The number of carbonyl (C=O) groups excluding carboxylic acids is 1. The number of hydrogen-bond donors (Lipinski definition) is 2. The molecule has 0 radical (unpaired) electrons. The standard InChI is InChI=1S/C27H32N4O4/c1-27(2,3)24(25(34)28-4)30-26(35-18-19-8-6-5-7-9-19)22(16-23(32)33)31-15-12-21(17-31)20-10-13-29-14-11-20/h5-15,17,22,24H,16,18H2,1-4H3,(H,28,34)(H,32,33)/t22-,24-/m1/s1. The Morgan fingerprint density at radius 1 is 1.09 bits per heavy atom. The van der Waals surface area contributed by atoms with Gasteiger partial charge in [0.05, 0.1) is 6.42 Å². The van der Waals surface area contributed by atoms with Gasteiger partial charge in [-0.1, -0.05) is 51.1 Å². The first-order valence-electron chi connectivity index (χ1n) is 11.4. The number of nitrogens with zero attached hydrogens (tertiary/aromatic N) is 3. The molecule has 1 aromatic carbocycles. The van der Waals surface area contributed by atoms with Crippen LogP contribution in [0.2, 0.25) is 0 Å². The van der Waals surface area contributed by atoms with Gasteiger partial charge in [-0.2, -0.15) is 0 Å². The molecule has 0 unspecified atom stereocenters. The number of amides is 1. The summed E-state index contributed by atoms with van der Waals surface area (Å²) in [5.74, 6) is -1.08. The molecule has 0 saturated heterocycles. The van der Waals surface area contributed by atoms with E-state index < -0.39 is 23.5 Å². The van der Waals surface area contributed by atoms with Crippen molar-refractivity contribution in [2.75, 3.05) is 7.05 Å². The highest BCUT2D eigenvalue weighted by Crippen LogP contribution is 2.28. The molecule has 8 nitrogen and oxygen atoms in total. The third kappa shape index (κ3) is 7.02. The van der Waals surface area contributed by atoms with Crippen LogP contribution >= 0.6 is 0 Å². The molecule has 0 aliphatic carbocycles. The second-order valence-corrected chi connectivity index (χ2v) is 9.32. The highest BCUT2D eigenvalue weighted by molar-refractivity contribution is 5.89. The highest BCUT2D eigenvalue weighted by Gasteiger charge is 2.33. The van der Waals surface area contributed by atoms with Crippen molar-refractivity contribution in [1.82, 2.24) is 14.9 Å². The van der Waals surface area contributed by atoms with Crippen molar-refractivity contribution in [2.45, 2.75) is 45.9 Å². The van der Waals surface area contributed by atoms with Gasteiger partial charge in [0.25, 0.3) is 0 Å². The number of benzene rings is 1. The van der Waals surface area contributed by atoms with Crippen LogP contribution in [0.3, 0.4) is 0 Å². The Kier molecular flexibility index (Phi) is 8.41. The molecule has 0 fully saturated rings. The third-order valence-electron chi connectivity index (χ3n) is 5.54. The van der Waals surface area contributed by atoms with Crippen LogP contribution in [0.1, 0.15) is 38.8 Å². The van der Waals surface area contributed by atoms with Crippen molar-refractivity contribution < 1.29 is 19.4 Å². The fraction of sp³-hybridized carbons (Fsp3) is 0.333. The summed E-state index contributed by atoms with van der Waals surface area (Å²) in [5.41, 5.74) is 2.25. The van der Waals surface area contributed by atoms with Gasteiger partial charge in [0.1, 0.15) is 18.7 Å². The number of nitrogens with one attached hydrogen (secondary N) is 1. The van der Waals surface area contributed by atoms with Gasteiger partial charge in [0.15, 0.2) is 0 Å². The molecule has 2 N–H and O–H groups in total. The van der Waals surface area contributed by atoms with E-state index in [1.165, 1.54) is 0 Å². The molecule has 3 rings (SSSR count). The van der Waals surface area contributed by atoms with Crippen molar-refractivity contribution in [2.24, 2.45) is 10.4 Å². The second-order valence-electron chi connectivity index (χ2n) is 9.32. The van der Waals surface area contributed by atoms with E-state index in [-0.39, 0.29) is 24.8 Å². The summed E-state index contributed by atoms with van der Waals surface area (Å²) in [5, 5.41) is 12.4. The zero-order valence-corrected chi connectivity index (χ0v) is 20.5. The number of aromatic nitrogens is 2. The number of rotatable bonds is 9. The minimum Gasteiger partial charge on any atom is -0.481 e. The molecule has 2 atom stereocenters. The lowest BCUT2D eigenvalue weighted by Crippen LogP contribution is -2.41. The van der Waals surface area contributed by atoms with Crippen LogP contribution in [0.25, 0.3) is 11.1 Å². The molecule has 1 amide bonds. The minimum absolute atomic E-state index is 0.191. The zero-order chi connectivity index (χ0) is 25.4. The lowest BCUT2D eigenvalue weighted by Gasteiger charge is -2.28. The summed E-state index contributed by atoms with van der Waals surface area (Å²) in [4.78, 5) is 33.4. The lowest BCUT2D eigenvalue weighted by atomic mass is 9.86. The highest BCUT2D eigenvalue weighted by atomic mass is 16.5. The first-order valence-corrected chi connectivity index (χ1v) is 11.4. The molecular weight excluding hydrogens is 444 g/mol. The SMILES string of the molecule is CNC(=O)[C@@H](N=C(OCc1ccccc1)[C@@H](CC(=O)O)n1ccc(-c2ccncc2)c1)C(C)(C)C. The summed E-state index contributed by atoms with van der Waals surface area (Å²) in [6.07, 6.45) is 6.80. The number of aliphatic imine (C=N–C) groups is 1. The van der Waals surface area contributed by atoms with Gasteiger partial charge >= 0.3 is 5.97 Å². The van der Waals surface area contributed by atoms with Crippen LogP contribution in [-0.4, -0.2) is 45.5 Å². The van der Waals surface area contributed by atoms with Crippen molar-refractivity contribution >= 4 is 17.8 Å². The van der Waals surface area contributed by atoms with E-state index in [4.69, 9.17) is 9.73 Å². The molecular formula is C27H32N4O4. The number of ether oxygens (including phenoxy) is 1. The van der Waals surface area contributed by atoms with Crippen molar-refractivity contribution in [3.8, 4) is 11.1 Å². The summed E-state index contributed by atoms with van der Waals surface area (Å²) >= 11 is 0. The Bertz CT molecular complexity index is 1150. The quantitative estimate of drug-likeness (QED) is 0.353. The number of hydrogen-bond acceptors (Lipinski definition) is 5. The Labute approximate surface area is 205 Å². The maximum atomic E-state index is 12.7. The molecule has 2 aromatic heterocycles. The smallest absolute Gasteiger partial charge is 0.305 e. The Balaban J connectivity index is 2.06. The van der Waals surface area contributed by atoms with Crippen LogP contribution in [0.4, 0.5) is 0 Å². The second kappa shape index (κ2) is 11.5. The van der Waals surface area contributed by atoms with Crippen LogP contribution in [0.5, 0.6) is 0 Å². The molecule has 0 spiro atoms. The lowest BCUT2D eigenvalue weighted by molar-refractivity contribution is -0.137. The Hall–Kier alpha value is -3.94. The molecule has 184 valence electrons. The molecule has 35 heavy (non-hydrogen) atoms. The number of pyridine rings is 1. The largest absolute Gasteiger partial charge is 0.481 e. The average molecular weight is 477 g/mol. The van der Waals surface area contributed by atoms with Crippen LogP contribution in [0.15, 0.2) is 78.3 Å². The van der Waals surface area contributed by atoms with Gasteiger partial charge in [-0.05, 0) is 40.3 Å². The number of carboxylic acids is 1. The van der Waals surface area contributed by atoms with E-state index in [1.807, 2.05) is 75.5 Å². The van der Waals surface area contributed by atoms with Gasteiger partial charge in [-0.15, -0.1) is 0 Å². The summed E-state index contributed by atoms with van der Waals surface area (Å²) < 4.78 is 7.93. The average Bonchev–Trinajstić information content (AvgIpc) is 3.33. The molecule has 0 saturated carbocycles. The molecule has 0 aliphatic rings.